The van der Waals surface area contributed by atoms with E-state index in [4.69, 9.17) is 9.47 Å². The molecule has 224 valence electrons. The first-order valence-electron chi connectivity index (χ1n) is 14.1. The lowest BCUT2D eigenvalue weighted by Crippen LogP contribution is -2.48. The van der Waals surface area contributed by atoms with Gasteiger partial charge in [-0.05, 0) is 78.0 Å². The second kappa shape index (κ2) is 11.7. The zero-order valence-corrected chi connectivity index (χ0v) is 24.9. The molecule has 1 N–H and O–H groups in total. The zero-order valence-electron chi connectivity index (χ0n) is 24.9. The van der Waals surface area contributed by atoms with Crippen LogP contribution < -0.4 is 0 Å². The van der Waals surface area contributed by atoms with Crippen molar-refractivity contribution in [3.05, 3.63) is 70.8 Å². The van der Waals surface area contributed by atoms with Gasteiger partial charge in [-0.1, -0.05) is 37.3 Å². The largest absolute Gasteiger partial charge is 0.458 e. The number of fused-ring (bicyclic) bond motifs is 2. The third kappa shape index (κ3) is 6.54. The highest BCUT2D eigenvalue weighted by atomic mass is 16.6. The maximum absolute atomic E-state index is 13.3. The molecule has 0 radical (unpaired) electrons. The molecule has 4 rings (SSSR count). The lowest BCUT2D eigenvalue weighted by molar-refractivity contribution is -0.160. The second-order valence-corrected chi connectivity index (χ2v) is 12.6. The van der Waals surface area contributed by atoms with Crippen LogP contribution in [0.15, 0.2) is 48.5 Å². The summed E-state index contributed by atoms with van der Waals surface area (Å²) in [5.74, 6) is -3.00. The van der Waals surface area contributed by atoms with Gasteiger partial charge in [-0.2, -0.15) is 0 Å². The fourth-order valence-corrected chi connectivity index (χ4v) is 5.30. The van der Waals surface area contributed by atoms with Crippen molar-refractivity contribution in [2.75, 3.05) is 6.54 Å². The van der Waals surface area contributed by atoms with E-state index >= 15 is 0 Å². The van der Waals surface area contributed by atoms with E-state index in [9.17, 15) is 29.1 Å². The molecule has 0 saturated heterocycles. The molecular weight excluding hydrogens is 540 g/mol. The van der Waals surface area contributed by atoms with E-state index in [2.05, 4.69) is 0 Å². The summed E-state index contributed by atoms with van der Waals surface area (Å²) in [6.45, 7) is 10.1. The molecule has 0 bridgehead atoms. The van der Waals surface area contributed by atoms with Gasteiger partial charge >= 0.3 is 11.9 Å². The number of benzene rings is 2. The van der Waals surface area contributed by atoms with Gasteiger partial charge in [-0.3, -0.25) is 29.0 Å². The summed E-state index contributed by atoms with van der Waals surface area (Å²) in [4.78, 5) is 67.2. The van der Waals surface area contributed by atoms with Crippen molar-refractivity contribution < 1.29 is 38.6 Å². The van der Waals surface area contributed by atoms with Gasteiger partial charge in [0.25, 0.3) is 17.7 Å². The van der Waals surface area contributed by atoms with E-state index in [0.717, 1.165) is 9.80 Å². The highest BCUT2D eigenvalue weighted by Gasteiger charge is 2.45. The first-order chi connectivity index (χ1) is 19.6. The Bertz CT molecular complexity index is 1370. The summed E-state index contributed by atoms with van der Waals surface area (Å²) in [7, 11) is 0. The van der Waals surface area contributed by atoms with Gasteiger partial charge < -0.3 is 14.6 Å². The maximum atomic E-state index is 13.3. The minimum atomic E-state index is -1.23. The molecule has 2 aromatic carbocycles. The Labute approximate surface area is 245 Å². The van der Waals surface area contributed by atoms with Crippen molar-refractivity contribution in [3.8, 4) is 0 Å². The summed E-state index contributed by atoms with van der Waals surface area (Å²) < 4.78 is 11.3. The average molecular weight is 579 g/mol. The molecule has 0 fully saturated rings. The van der Waals surface area contributed by atoms with Gasteiger partial charge in [0.15, 0.2) is 6.23 Å². The van der Waals surface area contributed by atoms with Crippen LogP contribution in [-0.2, 0) is 19.1 Å². The van der Waals surface area contributed by atoms with Gasteiger partial charge in [0, 0.05) is 11.1 Å². The topological polar surface area (TPSA) is 131 Å². The van der Waals surface area contributed by atoms with E-state index < -0.39 is 59.7 Å². The number of aliphatic hydroxyl groups is 1. The molecule has 2 aromatic rings. The molecule has 2 aliphatic rings. The highest BCUT2D eigenvalue weighted by Crippen LogP contribution is 2.33. The summed E-state index contributed by atoms with van der Waals surface area (Å²) in [6.07, 6.45) is -0.160. The van der Waals surface area contributed by atoms with Crippen molar-refractivity contribution in [3.63, 3.8) is 0 Å². The number of nitrogens with zero attached hydrogens (tertiary/aromatic N) is 2. The molecule has 0 spiro atoms. The molecular formula is C32H38N2O8. The Balaban J connectivity index is 1.38. The summed E-state index contributed by atoms with van der Waals surface area (Å²) in [5, 5.41) is 10.5. The SMILES string of the molecule is CC(CCC(C)(C)OC(=O)CN1C(=O)c2ccccc2C1O)CC(C(=O)OC(C)(C)C)N1C(=O)c2ccccc2C1=O. The van der Waals surface area contributed by atoms with Crippen LogP contribution in [0.4, 0.5) is 0 Å². The number of rotatable bonds is 10. The number of hydrogen-bond acceptors (Lipinski definition) is 8. The van der Waals surface area contributed by atoms with E-state index in [0.29, 0.717) is 24.0 Å². The maximum Gasteiger partial charge on any atom is 0.329 e. The molecule has 10 heteroatoms. The summed E-state index contributed by atoms with van der Waals surface area (Å²) >= 11 is 0. The quantitative estimate of drug-likeness (QED) is 0.327. The fraction of sp³-hybridized carbons (Fsp3) is 0.469. The van der Waals surface area contributed by atoms with Crippen LogP contribution in [0, 0.1) is 5.92 Å². The van der Waals surface area contributed by atoms with Gasteiger partial charge in [-0.25, -0.2) is 4.79 Å². The normalized spacial score (nSPS) is 18.1. The van der Waals surface area contributed by atoms with Crippen molar-refractivity contribution in [2.45, 2.75) is 84.3 Å². The van der Waals surface area contributed by atoms with Gasteiger partial charge in [-0.15, -0.1) is 0 Å². The number of carbonyl (C=O) groups excluding carboxylic acids is 5. The number of aliphatic hydroxyl groups excluding tert-OH is 1. The molecule has 0 saturated carbocycles. The number of ether oxygens (including phenoxy) is 2. The van der Waals surface area contributed by atoms with Crippen LogP contribution in [0.25, 0.3) is 0 Å². The predicted molar refractivity (Wildman–Crippen MR) is 152 cm³/mol. The first kappa shape index (κ1) is 30.9. The second-order valence-electron chi connectivity index (χ2n) is 12.6. The summed E-state index contributed by atoms with van der Waals surface area (Å²) in [6, 6.07) is 12.0. The third-order valence-electron chi connectivity index (χ3n) is 7.40. The van der Waals surface area contributed by atoms with Gasteiger partial charge in [0.05, 0.1) is 11.1 Å². The number of amides is 3. The number of imide groups is 1. The minimum Gasteiger partial charge on any atom is -0.458 e. The molecule has 3 amide bonds. The van der Waals surface area contributed by atoms with E-state index in [1.54, 1.807) is 83.1 Å². The lowest BCUT2D eigenvalue weighted by Gasteiger charge is -2.31. The Morgan fingerprint density at radius 3 is 1.95 bits per heavy atom. The number of hydrogen-bond donors (Lipinski definition) is 1. The van der Waals surface area contributed by atoms with Crippen LogP contribution in [0.3, 0.4) is 0 Å². The third-order valence-corrected chi connectivity index (χ3v) is 7.40. The van der Waals surface area contributed by atoms with E-state index in [-0.39, 0.29) is 23.5 Å². The number of carbonyl (C=O) groups is 5. The highest BCUT2D eigenvalue weighted by molar-refractivity contribution is 6.22. The first-order valence-corrected chi connectivity index (χ1v) is 14.1. The zero-order chi connectivity index (χ0) is 31.0. The Morgan fingerprint density at radius 1 is 0.857 bits per heavy atom. The predicted octanol–water partition coefficient (Wildman–Crippen LogP) is 4.27. The monoisotopic (exact) mass is 578 g/mol. The van der Waals surface area contributed by atoms with Crippen LogP contribution in [0.2, 0.25) is 0 Å². The molecule has 42 heavy (non-hydrogen) atoms. The van der Waals surface area contributed by atoms with Crippen molar-refractivity contribution in [1.29, 1.82) is 0 Å². The molecule has 2 aliphatic heterocycles. The van der Waals surface area contributed by atoms with Crippen molar-refractivity contribution >= 4 is 29.7 Å². The standard InChI is InChI=1S/C32H38N2O8/c1-19(15-16-32(5,6)41-25(35)18-33-26(36)20-11-7-8-12-21(20)27(33)37)17-24(30(40)42-31(2,3)4)34-28(38)22-13-9-10-14-23(22)29(34)39/h7-14,19,24,26,36H,15-18H2,1-6H3. The number of esters is 2. The Kier molecular flexibility index (Phi) is 8.59. The smallest absolute Gasteiger partial charge is 0.329 e. The Morgan fingerprint density at radius 2 is 1.40 bits per heavy atom. The molecule has 2 heterocycles. The van der Waals surface area contributed by atoms with E-state index in [1.165, 1.54) is 0 Å². The Hall–Kier alpha value is -4.05. The average Bonchev–Trinajstić information content (AvgIpc) is 3.30. The summed E-state index contributed by atoms with van der Waals surface area (Å²) in [5.41, 5.74) is -0.450. The molecule has 0 aliphatic carbocycles. The molecule has 3 unspecified atom stereocenters. The lowest BCUT2D eigenvalue weighted by atomic mass is 9.91. The van der Waals surface area contributed by atoms with Crippen LogP contribution in [0.1, 0.15) is 104 Å². The van der Waals surface area contributed by atoms with Crippen molar-refractivity contribution in [2.24, 2.45) is 5.92 Å². The van der Waals surface area contributed by atoms with Gasteiger partial charge in [0.2, 0.25) is 0 Å². The fourth-order valence-electron chi connectivity index (χ4n) is 5.30. The minimum absolute atomic E-state index is 0.164. The van der Waals surface area contributed by atoms with E-state index in [1.807, 2.05) is 6.92 Å². The van der Waals surface area contributed by atoms with Crippen molar-refractivity contribution in [1.82, 2.24) is 9.80 Å². The molecule has 3 atom stereocenters. The molecule has 0 aromatic heterocycles. The molecule has 10 nitrogen and oxygen atoms in total. The van der Waals surface area contributed by atoms with Crippen LogP contribution >= 0.6 is 0 Å². The van der Waals surface area contributed by atoms with Crippen LogP contribution in [-0.4, -0.2) is 68.4 Å². The van der Waals surface area contributed by atoms with Crippen LogP contribution in [0.5, 0.6) is 0 Å². The van der Waals surface area contributed by atoms with Gasteiger partial charge in [0.1, 0.15) is 23.8 Å².